The number of carbonyl (C=O) groups excluding carboxylic acids is 2. The Hall–Kier alpha value is -2.76. The van der Waals surface area contributed by atoms with Gasteiger partial charge in [-0.2, -0.15) is 0 Å². The first kappa shape index (κ1) is 34.1. The molecule has 0 bridgehead atoms. The maximum atomic E-state index is 12.4. The van der Waals surface area contributed by atoms with Crippen LogP contribution in [0.15, 0.2) is 68.3 Å². The minimum atomic E-state index is -3.88. The van der Waals surface area contributed by atoms with Crippen LogP contribution in [-0.4, -0.2) is 55.9 Å². The Kier molecular flexibility index (Phi) is 11.6. The summed E-state index contributed by atoms with van der Waals surface area (Å²) in [5, 5.41) is 1.38. The summed E-state index contributed by atoms with van der Waals surface area (Å²) in [6.45, 7) is 3.70. The lowest BCUT2D eigenvalue weighted by atomic mass is 9.83. The van der Waals surface area contributed by atoms with Gasteiger partial charge in [-0.1, -0.05) is 66.4 Å². The van der Waals surface area contributed by atoms with Crippen LogP contribution in [0.25, 0.3) is 0 Å². The Morgan fingerprint density at radius 3 is 1.66 bits per heavy atom. The molecule has 1 aliphatic heterocycles. The second-order valence-corrected chi connectivity index (χ2v) is 16.0. The number of hydrogen-bond acceptors (Lipinski definition) is 10. The van der Waals surface area contributed by atoms with E-state index in [0.717, 1.165) is 48.3 Å². The fraction of sp³-hybridized carbons (Fsp3) is 0.429. The summed E-state index contributed by atoms with van der Waals surface area (Å²) >= 11 is 2.75. The molecule has 0 saturated heterocycles. The molecule has 1 aliphatic carbocycles. The highest BCUT2D eigenvalue weighted by molar-refractivity contribution is 8.15. The molecule has 16 heteroatoms. The predicted octanol–water partition coefficient (Wildman–Crippen LogP) is 3.34. The fourth-order valence-corrected chi connectivity index (χ4v) is 8.34. The number of rotatable bonds is 12. The van der Waals surface area contributed by atoms with Gasteiger partial charge in [0.2, 0.25) is 11.8 Å². The Bertz CT molecular complexity index is 1620. The highest BCUT2D eigenvalue weighted by atomic mass is 32.2. The van der Waals surface area contributed by atoms with Crippen LogP contribution in [0.5, 0.6) is 0 Å². The van der Waals surface area contributed by atoms with Crippen LogP contribution in [0.2, 0.25) is 0 Å². The number of carbonyl (C=O) groups is 2. The van der Waals surface area contributed by atoms with Crippen molar-refractivity contribution in [3.63, 3.8) is 0 Å². The van der Waals surface area contributed by atoms with E-state index in [1.165, 1.54) is 47.8 Å². The number of amides is 2. The maximum Gasteiger partial charge on any atom is 0.257 e. The van der Waals surface area contributed by atoms with Crippen molar-refractivity contribution in [2.45, 2.75) is 74.1 Å². The van der Waals surface area contributed by atoms with E-state index in [4.69, 9.17) is 9.98 Å². The number of nitrogens with zero attached hydrogens (tertiary/aromatic N) is 2. The molecule has 2 amide bonds. The molecule has 0 unspecified atom stereocenters. The van der Waals surface area contributed by atoms with E-state index in [1.807, 2.05) is 13.8 Å². The van der Waals surface area contributed by atoms with Crippen LogP contribution in [0.4, 0.5) is 0 Å². The van der Waals surface area contributed by atoms with Crippen LogP contribution in [0.1, 0.15) is 56.1 Å². The average molecular weight is 681 g/mol. The summed E-state index contributed by atoms with van der Waals surface area (Å²) in [5.41, 5.74) is 5.91. The number of amidine groups is 1. The van der Waals surface area contributed by atoms with Gasteiger partial charge in [0.25, 0.3) is 20.0 Å². The minimum Gasteiger partial charge on any atom is -0.278 e. The number of hydrogen-bond donors (Lipinski definition) is 4. The number of hydrazine groups is 2. The third kappa shape index (κ3) is 9.37. The van der Waals surface area contributed by atoms with Gasteiger partial charge in [-0.15, -0.1) is 21.4 Å². The number of sulfonamides is 2. The first-order chi connectivity index (χ1) is 20.9. The molecular weight excluding hydrogens is 645 g/mol. The van der Waals surface area contributed by atoms with Gasteiger partial charge < -0.3 is 0 Å². The lowest BCUT2D eigenvalue weighted by Gasteiger charge is -2.31. The quantitative estimate of drug-likeness (QED) is 0.247. The molecule has 0 aromatic heterocycles. The molecule has 1 saturated carbocycles. The standard InChI is InChI=1S/C28H36N6O6S4/c1-20-6-10-22(11-7-20)43(37,38)33-31-24(35)14-18-41-26-28(16-4-3-5-17-28)30-27(29-26)42-19-15-25(36)32-34-44(39,40)23-12-8-21(2)9-13-23/h6-13,33-34H,3-5,14-19H2,1-2H3,(H,31,35)(H,32,36). The summed E-state index contributed by atoms with van der Waals surface area (Å²) in [6, 6.07) is 12.6. The van der Waals surface area contributed by atoms with E-state index in [2.05, 4.69) is 20.5 Å². The molecule has 0 atom stereocenters. The highest BCUT2D eigenvalue weighted by Gasteiger charge is 2.41. The van der Waals surface area contributed by atoms with E-state index < -0.39 is 37.4 Å². The van der Waals surface area contributed by atoms with Crippen LogP contribution in [0.3, 0.4) is 0 Å². The van der Waals surface area contributed by atoms with Crippen molar-refractivity contribution >= 4 is 65.6 Å². The average Bonchev–Trinajstić information content (AvgIpc) is 3.31. The Labute approximate surface area is 266 Å². The monoisotopic (exact) mass is 680 g/mol. The summed E-state index contributed by atoms with van der Waals surface area (Å²) < 4.78 is 49.6. The molecular formula is C28H36N6O6S4. The molecule has 2 aromatic carbocycles. The van der Waals surface area contributed by atoms with Crippen LogP contribution in [0, 0.1) is 13.8 Å². The Balaban J connectivity index is 1.24. The number of aliphatic imine (C=N–C) groups is 2. The van der Waals surface area contributed by atoms with Gasteiger partial charge >= 0.3 is 0 Å². The van der Waals surface area contributed by atoms with E-state index in [9.17, 15) is 26.4 Å². The third-order valence-electron chi connectivity index (χ3n) is 7.03. The van der Waals surface area contributed by atoms with Crippen molar-refractivity contribution in [3.8, 4) is 0 Å². The van der Waals surface area contributed by atoms with Gasteiger partial charge in [0, 0.05) is 24.3 Å². The van der Waals surface area contributed by atoms with E-state index >= 15 is 0 Å². The van der Waals surface area contributed by atoms with E-state index in [0.29, 0.717) is 16.7 Å². The zero-order valence-corrected chi connectivity index (χ0v) is 27.7. The van der Waals surface area contributed by atoms with Crippen LogP contribution >= 0.6 is 23.5 Å². The number of benzene rings is 2. The van der Waals surface area contributed by atoms with Gasteiger partial charge in [-0.3, -0.25) is 20.4 Å². The Morgan fingerprint density at radius 2 is 1.18 bits per heavy atom. The zero-order chi connectivity index (χ0) is 31.8. The molecule has 1 heterocycles. The van der Waals surface area contributed by atoms with Gasteiger partial charge in [-0.25, -0.2) is 26.8 Å². The van der Waals surface area contributed by atoms with Crippen molar-refractivity contribution in [3.05, 3.63) is 59.7 Å². The molecule has 44 heavy (non-hydrogen) atoms. The van der Waals surface area contributed by atoms with E-state index in [-0.39, 0.29) is 22.6 Å². The zero-order valence-electron chi connectivity index (χ0n) is 24.5. The van der Waals surface area contributed by atoms with Crippen molar-refractivity contribution in [1.82, 2.24) is 20.5 Å². The molecule has 238 valence electrons. The van der Waals surface area contributed by atoms with Gasteiger partial charge in [0.05, 0.1) is 9.79 Å². The smallest absolute Gasteiger partial charge is 0.257 e. The summed E-state index contributed by atoms with van der Waals surface area (Å²) in [7, 11) is -7.76. The SMILES string of the molecule is Cc1ccc(S(=O)(=O)NNC(=O)CCSC2=NC3(CCCCC3)C(SCCC(=O)NNS(=O)(=O)c3ccc(C)cc3)=N2)cc1. The first-order valence-electron chi connectivity index (χ1n) is 14.1. The summed E-state index contributed by atoms with van der Waals surface area (Å²) in [6.07, 6.45) is 4.91. The molecule has 1 spiro atoms. The van der Waals surface area contributed by atoms with Crippen molar-refractivity contribution in [2.75, 3.05) is 11.5 Å². The summed E-state index contributed by atoms with van der Waals surface area (Å²) in [4.78, 5) is 38.7. The van der Waals surface area contributed by atoms with Crippen molar-refractivity contribution < 1.29 is 26.4 Å². The molecule has 4 N–H and O–H groups in total. The molecule has 12 nitrogen and oxygen atoms in total. The number of aryl methyl sites for hydroxylation is 2. The summed E-state index contributed by atoms with van der Waals surface area (Å²) in [5.74, 6) is -0.223. The number of thioether (sulfide) groups is 2. The molecule has 1 fully saturated rings. The maximum absolute atomic E-state index is 12.4. The topological polar surface area (TPSA) is 175 Å². The molecule has 4 rings (SSSR count). The van der Waals surface area contributed by atoms with Crippen LogP contribution in [-0.2, 0) is 29.6 Å². The lowest BCUT2D eigenvalue weighted by Crippen LogP contribution is -2.41. The Morgan fingerprint density at radius 1 is 0.727 bits per heavy atom. The second-order valence-electron chi connectivity index (χ2n) is 10.5. The predicted molar refractivity (Wildman–Crippen MR) is 174 cm³/mol. The normalized spacial score (nSPS) is 16.3. The van der Waals surface area contributed by atoms with Gasteiger partial charge in [0.15, 0.2) is 5.17 Å². The minimum absolute atomic E-state index is 0.0454. The lowest BCUT2D eigenvalue weighted by molar-refractivity contribution is -0.121. The van der Waals surface area contributed by atoms with Gasteiger partial charge in [-0.05, 0) is 51.0 Å². The largest absolute Gasteiger partial charge is 0.278 e. The van der Waals surface area contributed by atoms with Crippen LogP contribution < -0.4 is 20.5 Å². The molecule has 2 aromatic rings. The third-order valence-corrected chi connectivity index (χ3v) is 11.6. The molecule has 0 radical (unpaired) electrons. The van der Waals surface area contributed by atoms with Gasteiger partial charge in [0.1, 0.15) is 10.6 Å². The van der Waals surface area contributed by atoms with Crippen molar-refractivity contribution in [2.24, 2.45) is 9.98 Å². The number of nitrogens with one attached hydrogen (secondary N) is 4. The van der Waals surface area contributed by atoms with E-state index in [1.54, 1.807) is 24.3 Å². The molecule has 2 aliphatic rings. The van der Waals surface area contributed by atoms with Crippen molar-refractivity contribution in [1.29, 1.82) is 0 Å². The fourth-order valence-electron chi connectivity index (χ4n) is 4.54. The first-order valence-corrected chi connectivity index (χ1v) is 19.0. The highest BCUT2D eigenvalue weighted by Crippen LogP contribution is 2.41. The second kappa shape index (κ2) is 15.0.